The molecule has 2 amide bonds. The van der Waals surface area contributed by atoms with Crippen LogP contribution in [-0.4, -0.2) is 70.1 Å². The van der Waals surface area contributed by atoms with Crippen LogP contribution in [0.4, 0.5) is 4.39 Å². The van der Waals surface area contributed by atoms with E-state index in [0.29, 0.717) is 35.2 Å². The molecular weight excluding hydrogens is 579 g/mol. The molecule has 0 unspecified atom stereocenters. The summed E-state index contributed by atoms with van der Waals surface area (Å²) in [5.41, 5.74) is 0.421. The van der Waals surface area contributed by atoms with Crippen molar-refractivity contribution in [2.45, 2.75) is 57.1 Å². The Balaban J connectivity index is 1.35. The summed E-state index contributed by atoms with van der Waals surface area (Å²) in [5, 5.41) is 13.5. The smallest absolute Gasteiger partial charge is 0.330 e. The molecule has 10 nitrogen and oxygen atoms in total. The highest BCUT2D eigenvalue weighted by atomic mass is 19.1. The van der Waals surface area contributed by atoms with Crippen LogP contribution >= 0.6 is 0 Å². The second kappa shape index (κ2) is 12.1. The van der Waals surface area contributed by atoms with Crippen LogP contribution < -0.4 is 14.8 Å². The van der Waals surface area contributed by atoms with Crippen LogP contribution in [0.3, 0.4) is 0 Å². The second-order valence-corrected chi connectivity index (χ2v) is 12.3. The number of carbonyl (C=O) groups excluding carboxylic acids is 2. The van der Waals surface area contributed by atoms with Gasteiger partial charge in [0.25, 0.3) is 0 Å². The van der Waals surface area contributed by atoms with Crippen LogP contribution in [-0.2, 0) is 14.4 Å². The third kappa shape index (κ3) is 5.83. The van der Waals surface area contributed by atoms with Crippen molar-refractivity contribution < 1.29 is 33.4 Å². The lowest BCUT2D eigenvalue weighted by molar-refractivity contribution is -0.145. The monoisotopic (exact) mass is 616 g/mol. The van der Waals surface area contributed by atoms with Crippen molar-refractivity contribution in [1.29, 1.82) is 0 Å². The van der Waals surface area contributed by atoms with Crippen LogP contribution in [0.2, 0.25) is 0 Å². The normalized spacial score (nSPS) is 27.6. The minimum absolute atomic E-state index is 0.167. The second-order valence-electron chi connectivity index (χ2n) is 12.3. The topological polar surface area (TPSA) is 131 Å². The summed E-state index contributed by atoms with van der Waals surface area (Å²) in [6, 6.07) is 9.55. The summed E-state index contributed by atoms with van der Waals surface area (Å²) in [6.45, 7) is 2.42. The Kier molecular flexibility index (Phi) is 8.20. The number of carboxylic acids is 1. The maximum absolute atomic E-state index is 14.2. The van der Waals surface area contributed by atoms with Crippen molar-refractivity contribution in [3.05, 3.63) is 59.9 Å². The van der Waals surface area contributed by atoms with Crippen molar-refractivity contribution in [1.82, 2.24) is 20.2 Å². The first-order valence-electron chi connectivity index (χ1n) is 15.4. The van der Waals surface area contributed by atoms with Gasteiger partial charge in [-0.05, 0) is 69.7 Å². The number of benzene rings is 2. The van der Waals surface area contributed by atoms with E-state index in [1.807, 2.05) is 19.1 Å². The molecule has 2 aromatic carbocycles. The standard InChI is InChI=1S/C34H37FN4O6/c1-19-27(44-3)13-12-24-28(19)36-29(20-9-8-11-22(35)15-20)37-31(24)45-23-16-25-26(17-23)32(41)39(2)14-7-5-4-6-10-21-18-34(21,33(42)43)38-30(25)40/h6,8-13,15,21,23,25-26H,4-5,7,14,16-18H2,1-3H3,(H,38,40)(H,42,43)/b10-6-/t21-,23-,25-,26-,34-/m1/s1. The third-order valence-corrected chi connectivity index (χ3v) is 9.39. The van der Waals surface area contributed by atoms with Gasteiger partial charge in [0.05, 0.1) is 29.8 Å². The van der Waals surface area contributed by atoms with Gasteiger partial charge in [-0.3, -0.25) is 9.59 Å². The van der Waals surface area contributed by atoms with Gasteiger partial charge >= 0.3 is 5.97 Å². The number of ether oxygens (including phenoxy) is 2. The van der Waals surface area contributed by atoms with Gasteiger partial charge in [0.15, 0.2) is 5.82 Å². The number of aliphatic carboxylic acids is 1. The molecule has 1 aliphatic heterocycles. The van der Waals surface area contributed by atoms with E-state index in [1.165, 1.54) is 12.1 Å². The predicted molar refractivity (Wildman–Crippen MR) is 164 cm³/mol. The predicted octanol–water partition coefficient (Wildman–Crippen LogP) is 4.68. The molecule has 0 bridgehead atoms. The number of hydrogen-bond acceptors (Lipinski definition) is 7. The van der Waals surface area contributed by atoms with Gasteiger partial charge in [0.2, 0.25) is 17.7 Å². The first-order chi connectivity index (χ1) is 21.6. The summed E-state index contributed by atoms with van der Waals surface area (Å²) < 4.78 is 26.2. The number of nitrogens with zero attached hydrogens (tertiary/aromatic N) is 3. The Hall–Kier alpha value is -4.54. The van der Waals surface area contributed by atoms with E-state index in [1.54, 1.807) is 43.3 Å². The molecule has 6 rings (SSSR count). The lowest BCUT2D eigenvalue weighted by Crippen LogP contribution is -2.49. The van der Waals surface area contributed by atoms with Gasteiger partial charge in [0.1, 0.15) is 23.2 Å². The van der Waals surface area contributed by atoms with Crippen LogP contribution in [0.5, 0.6) is 11.6 Å². The first-order valence-corrected chi connectivity index (χ1v) is 15.4. The number of aromatic nitrogens is 2. The van der Waals surface area contributed by atoms with Crippen LogP contribution in [0.1, 0.15) is 44.1 Å². The van der Waals surface area contributed by atoms with Gasteiger partial charge in [0, 0.05) is 30.6 Å². The van der Waals surface area contributed by atoms with Gasteiger partial charge < -0.3 is 24.8 Å². The highest BCUT2D eigenvalue weighted by Gasteiger charge is 2.61. The third-order valence-electron chi connectivity index (χ3n) is 9.39. The molecule has 1 aromatic heterocycles. The molecule has 2 heterocycles. The van der Waals surface area contributed by atoms with Crippen LogP contribution in [0.15, 0.2) is 48.6 Å². The Labute approximate surface area is 260 Å². The van der Waals surface area contributed by atoms with Gasteiger partial charge in [-0.15, -0.1) is 0 Å². The Bertz CT molecular complexity index is 1690. The molecule has 0 radical (unpaired) electrons. The zero-order valence-corrected chi connectivity index (χ0v) is 25.6. The summed E-state index contributed by atoms with van der Waals surface area (Å²) in [6.07, 6.45) is 6.49. The largest absolute Gasteiger partial charge is 0.496 e. The molecule has 0 spiro atoms. The Morgan fingerprint density at radius 3 is 2.69 bits per heavy atom. The number of halogens is 1. The summed E-state index contributed by atoms with van der Waals surface area (Å²) >= 11 is 0. The number of hydrogen-bond donors (Lipinski definition) is 2. The minimum atomic E-state index is -1.37. The molecule has 45 heavy (non-hydrogen) atoms. The number of aryl methyl sites for hydroxylation is 1. The molecule has 2 N–H and O–H groups in total. The first kappa shape index (κ1) is 30.5. The molecule has 3 aromatic rings. The van der Waals surface area contributed by atoms with E-state index in [2.05, 4.69) is 10.3 Å². The van der Waals surface area contributed by atoms with Gasteiger partial charge in [-0.1, -0.05) is 24.3 Å². The van der Waals surface area contributed by atoms with E-state index < -0.39 is 41.2 Å². The van der Waals surface area contributed by atoms with E-state index in [0.717, 1.165) is 24.8 Å². The molecule has 3 aliphatic rings. The summed E-state index contributed by atoms with van der Waals surface area (Å²) in [7, 11) is 3.31. The zero-order chi connectivity index (χ0) is 31.9. The van der Waals surface area contributed by atoms with Crippen molar-refractivity contribution in [2.75, 3.05) is 20.7 Å². The van der Waals surface area contributed by atoms with Gasteiger partial charge in [-0.2, -0.15) is 4.98 Å². The zero-order valence-electron chi connectivity index (χ0n) is 25.6. The molecule has 5 atom stereocenters. The summed E-state index contributed by atoms with van der Waals surface area (Å²) in [5.74, 6) is -2.78. The number of fused-ring (bicyclic) bond motifs is 3. The molecule has 2 fully saturated rings. The maximum atomic E-state index is 14.2. The molecule has 236 valence electrons. The average Bonchev–Trinajstić information content (AvgIpc) is 3.56. The van der Waals surface area contributed by atoms with Crippen molar-refractivity contribution in [2.24, 2.45) is 17.8 Å². The fourth-order valence-corrected chi connectivity index (χ4v) is 6.70. The van der Waals surface area contributed by atoms with E-state index >= 15 is 0 Å². The number of carboxylic acid groups (broad SMARTS) is 1. The Morgan fingerprint density at radius 2 is 1.93 bits per heavy atom. The van der Waals surface area contributed by atoms with Crippen molar-refractivity contribution >= 4 is 28.7 Å². The van der Waals surface area contributed by atoms with E-state index in [4.69, 9.17) is 14.5 Å². The molecule has 11 heteroatoms. The average molecular weight is 617 g/mol. The maximum Gasteiger partial charge on any atom is 0.330 e. The highest BCUT2D eigenvalue weighted by Crippen LogP contribution is 2.46. The highest BCUT2D eigenvalue weighted by molar-refractivity contribution is 5.94. The fourth-order valence-electron chi connectivity index (χ4n) is 6.70. The molecule has 0 saturated heterocycles. The van der Waals surface area contributed by atoms with Crippen molar-refractivity contribution in [3.63, 3.8) is 0 Å². The van der Waals surface area contributed by atoms with E-state index in [9.17, 15) is 23.9 Å². The summed E-state index contributed by atoms with van der Waals surface area (Å²) in [4.78, 5) is 50.9. The number of methoxy groups -OCH3 is 1. The lowest BCUT2D eigenvalue weighted by Gasteiger charge is -2.26. The quantitative estimate of drug-likeness (QED) is 0.395. The van der Waals surface area contributed by atoms with Gasteiger partial charge in [-0.25, -0.2) is 14.2 Å². The Morgan fingerprint density at radius 1 is 1.13 bits per heavy atom. The number of amides is 2. The SMILES string of the molecule is COc1ccc2c(O[C@@H]3C[C@H]4C(=O)N[C@]5(C(=O)O)C[C@H]5/C=C\CCCCN(C)C(=O)[C@@H]4C3)nc(-c3cccc(F)c3)nc2c1C. The molecule has 2 aliphatic carbocycles. The van der Waals surface area contributed by atoms with Crippen LogP contribution in [0.25, 0.3) is 22.3 Å². The van der Waals surface area contributed by atoms with Crippen molar-refractivity contribution in [3.8, 4) is 23.0 Å². The minimum Gasteiger partial charge on any atom is -0.496 e. The number of rotatable bonds is 5. The molecule has 2 saturated carbocycles. The number of carbonyl (C=O) groups is 3. The molecular formula is C34H37FN4O6. The number of allylic oxidation sites excluding steroid dienone is 1. The lowest BCUT2D eigenvalue weighted by atomic mass is 9.93. The van der Waals surface area contributed by atoms with E-state index in [-0.39, 0.29) is 36.4 Å². The number of nitrogens with one attached hydrogen (secondary N) is 1. The fraction of sp³-hybridized carbons (Fsp3) is 0.441. The van der Waals surface area contributed by atoms with Crippen LogP contribution in [0, 0.1) is 30.5 Å².